The third kappa shape index (κ3) is 4.74. The van der Waals surface area contributed by atoms with Crippen LogP contribution < -0.4 is 10.9 Å². The SMILES string of the molecule is O=C(O)COCC(=O)NNc1c(Cl)cncc1Cl. The van der Waals surface area contributed by atoms with Gasteiger partial charge in [-0.3, -0.25) is 20.6 Å². The predicted octanol–water partition coefficient (Wildman–Crippen LogP) is 0.933. The highest BCUT2D eigenvalue weighted by Crippen LogP contribution is 2.27. The number of nitrogens with one attached hydrogen (secondary N) is 2. The Kier molecular flexibility index (Phi) is 5.63. The number of amides is 1. The average molecular weight is 294 g/mol. The molecule has 7 nitrogen and oxygen atoms in total. The molecule has 0 saturated heterocycles. The first kappa shape index (κ1) is 14.5. The van der Waals surface area contributed by atoms with Crippen molar-refractivity contribution in [1.29, 1.82) is 0 Å². The van der Waals surface area contributed by atoms with Gasteiger partial charge in [0.2, 0.25) is 0 Å². The summed E-state index contributed by atoms with van der Waals surface area (Å²) in [7, 11) is 0. The number of aliphatic carboxylic acids is 1. The molecular weight excluding hydrogens is 285 g/mol. The number of pyridine rings is 1. The molecule has 1 heterocycles. The fourth-order valence-corrected chi connectivity index (χ4v) is 1.39. The Morgan fingerprint density at radius 1 is 1.28 bits per heavy atom. The summed E-state index contributed by atoms with van der Waals surface area (Å²) in [6, 6.07) is 0. The maximum atomic E-state index is 11.2. The zero-order chi connectivity index (χ0) is 13.5. The Morgan fingerprint density at radius 3 is 2.44 bits per heavy atom. The van der Waals surface area contributed by atoms with E-state index in [9.17, 15) is 9.59 Å². The predicted molar refractivity (Wildman–Crippen MR) is 64.5 cm³/mol. The number of anilines is 1. The van der Waals surface area contributed by atoms with Crippen LogP contribution in [0, 0.1) is 0 Å². The summed E-state index contributed by atoms with van der Waals surface area (Å²) in [6.45, 7) is -0.955. The molecule has 0 aliphatic heterocycles. The van der Waals surface area contributed by atoms with Crippen molar-refractivity contribution < 1.29 is 19.4 Å². The molecule has 1 aromatic rings. The first-order chi connectivity index (χ1) is 8.50. The van der Waals surface area contributed by atoms with E-state index in [0.29, 0.717) is 5.69 Å². The Balaban J connectivity index is 2.40. The molecule has 0 fully saturated rings. The van der Waals surface area contributed by atoms with E-state index in [1.54, 1.807) is 0 Å². The first-order valence-electron chi connectivity index (χ1n) is 4.64. The van der Waals surface area contributed by atoms with Crippen molar-refractivity contribution in [3.63, 3.8) is 0 Å². The third-order valence-corrected chi connectivity index (χ3v) is 2.21. The minimum atomic E-state index is -1.16. The van der Waals surface area contributed by atoms with Gasteiger partial charge in [0, 0.05) is 12.4 Å². The fourth-order valence-electron chi connectivity index (χ4n) is 0.930. The first-order valence-corrected chi connectivity index (χ1v) is 5.39. The van der Waals surface area contributed by atoms with Crippen LogP contribution in [0.2, 0.25) is 10.0 Å². The summed E-state index contributed by atoms with van der Waals surface area (Å²) in [5.41, 5.74) is 5.03. The molecule has 0 aliphatic rings. The van der Waals surface area contributed by atoms with E-state index in [-0.39, 0.29) is 10.0 Å². The lowest BCUT2D eigenvalue weighted by molar-refractivity contribution is -0.143. The van der Waals surface area contributed by atoms with E-state index in [0.717, 1.165) is 0 Å². The van der Waals surface area contributed by atoms with Gasteiger partial charge in [0.05, 0.1) is 15.7 Å². The van der Waals surface area contributed by atoms with E-state index >= 15 is 0 Å². The van der Waals surface area contributed by atoms with Crippen LogP contribution in [-0.4, -0.2) is 35.2 Å². The lowest BCUT2D eigenvalue weighted by atomic mass is 10.4. The minimum absolute atomic E-state index is 0.231. The summed E-state index contributed by atoms with van der Waals surface area (Å²) in [5.74, 6) is -1.73. The number of hydrogen-bond donors (Lipinski definition) is 3. The Morgan fingerprint density at radius 2 is 1.89 bits per heavy atom. The number of hydrogen-bond acceptors (Lipinski definition) is 5. The van der Waals surface area contributed by atoms with Crippen LogP contribution in [-0.2, 0) is 14.3 Å². The molecule has 0 aliphatic carbocycles. The molecule has 1 rings (SSSR count). The molecule has 1 aromatic heterocycles. The van der Waals surface area contributed by atoms with Crippen LogP contribution >= 0.6 is 23.2 Å². The number of rotatable bonds is 6. The number of nitrogens with zero attached hydrogens (tertiary/aromatic N) is 1. The second-order valence-electron chi connectivity index (χ2n) is 3.04. The summed E-state index contributed by atoms with van der Waals surface area (Å²) < 4.78 is 4.58. The Hall–Kier alpha value is -1.57. The van der Waals surface area contributed by atoms with Crippen molar-refractivity contribution >= 4 is 40.8 Å². The summed E-state index contributed by atoms with van der Waals surface area (Å²) in [5, 5.41) is 8.75. The molecule has 0 aromatic carbocycles. The number of carboxylic acid groups (broad SMARTS) is 1. The molecule has 9 heteroatoms. The van der Waals surface area contributed by atoms with Crippen LogP contribution in [0.3, 0.4) is 0 Å². The van der Waals surface area contributed by atoms with E-state index in [1.165, 1.54) is 12.4 Å². The lowest BCUT2D eigenvalue weighted by Crippen LogP contribution is -2.33. The summed E-state index contributed by atoms with van der Waals surface area (Å²) >= 11 is 11.6. The topological polar surface area (TPSA) is 101 Å². The molecule has 0 radical (unpaired) electrons. The van der Waals surface area contributed by atoms with E-state index in [4.69, 9.17) is 28.3 Å². The van der Waals surface area contributed by atoms with Crippen molar-refractivity contribution in [3.05, 3.63) is 22.4 Å². The van der Waals surface area contributed by atoms with Gasteiger partial charge in [0.1, 0.15) is 13.2 Å². The summed E-state index contributed by atoms with van der Waals surface area (Å²) in [6.07, 6.45) is 2.70. The second kappa shape index (κ2) is 7.00. The highest BCUT2D eigenvalue weighted by atomic mass is 35.5. The quantitative estimate of drug-likeness (QED) is 0.675. The Bertz CT molecular complexity index is 435. The lowest BCUT2D eigenvalue weighted by Gasteiger charge is -2.10. The molecule has 18 heavy (non-hydrogen) atoms. The molecule has 0 saturated carbocycles. The van der Waals surface area contributed by atoms with Crippen molar-refractivity contribution in [2.24, 2.45) is 0 Å². The number of aromatic nitrogens is 1. The zero-order valence-electron chi connectivity index (χ0n) is 8.94. The second-order valence-corrected chi connectivity index (χ2v) is 3.85. The van der Waals surface area contributed by atoms with Crippen LogP contribution in [0.4, 0.5) is 5.69 Å². The van der Waals surface area contributed by atoms with Crippen molar-refractivity contribution in [1.82, 2.24) is 10.4 Å². The van der Waals surface area contributed by atoms with Gasteiger partial charge in [-0.1, -0.05) is 23.2 Å². The van der Waals surface area contributed by atoms with Gasteiger partial charge in [-0.05, 0) is 0 Å². The van der Waals surface area contributed by atoms with Gasteiger partial charge in [-0.15, -0.1) is 0 Å². The molecular formula is C9H9Cl2N3O4. The molecule has 0 spiro atoms. The van der Waals surface area contributed by atoms with E-state index in [2.05, 4.69) is 20.6 Å². The number of hydrazine groups is 1. The molecule has 3 N–H and O–H groups in total. The highest BCUT2D eigenvalue weighted by Gasteiger charge is 2.08. The molecule has 0 unspecified atom stereocenters. The number of carbonyl (C=O) groups is 2. The van der Waals surface area contributed by atoms with Crippen LogP contribution in [0.1, 0.15) is 0 Å². The molecule has 0 atom stereocenters. The maximum Gasteiger partial charge on any atom is 0.329 e. The van der Waals surface area contributed by atoms with Gasteiger partial charge in [0.15, 0.2) is 0 Å². The maximum absolute atomic E-state index is 11.2. The van der Waals surface area contributed by atoms with Crippen molar-refractivity contribution in [3.8, 4) is 0 Å². The zero-order valence-corrected chi connectivity index (χ0v) is 10.5. The fraction of sp³-hybridized carbons (Fsp3) is 0.222. The standard InChI is InChI=1S/C9H9Cl2N3O4/c10-5-1-12-2-6(11)9(5)14-13-7(15)3-18-4-8(16)17/h1-2H,3-4H2,(H,12,14)(H,13,15)(H,16,17). The van der Waals surface area contributed by atoms with Crippen LogP contribution in [0.5, 0.6) is 0 Å². The minimum Gasteiger partial charge on any atom is -0.480 e. The highest BCUT2D eigenvalue weighted by molar-refractivity contribution is 6.38. The largest absolute Gasteiger partial charge is 0.480 e. The van der Waals surface area contributed by atoms with E-state index < -0.39 is 25.1 Å². The van der Waals surface area contributed by atoms with Gasteiger partial charge in [-0.25, -0.2) is 4.79 Å². The number of halogens is 2. The summed E-state index contributed by atoms with van der Waals surface area (Å²) in [4.78, 5) is 25.1. The average Bonchev–Trinajstić information content (AvgIpc) is 2.27. The Labute approximate surface area is 112 Å². The number of carbonyl (C=O) groups excluding carboxylic acids is 1. The van der Waals surface area contributed by atoms with E-state index in [1.807, 2.05) is 0 Å². The number of ether oxygens (including phenoxy) is 1. The van der Waals surface area contributed by atoms with Crippen molar-refractivity contribution in [2.45, 2.75) is 0 Å². The van der Waals surface area contributed by atoms with Gasteiger partial charge < -0.3 is 9.84 Å². The van der Waals surface area contributed by atoms with Crippen molar-refractivity contribution in [2.75, 3.05) is 18.6 Å². The normalized spacial score (nSPS) is 9.89. The molecule has 1 amide bonds. The number of carboxylic acids is 1. The third-order valence-electron chi connectivity index (χ3n) is 1.64. The van der Waals surface area contributed by atoms with Gasteiger partial charge >= 0.3 is 5.97 Å². The van der Waals surface area contributed by atoms with Gasteiger partial charge in [0.25, 0.3) is 5.91 Å². The van der Waals surface area contributed by atoms with Gasteiger partial charge in [-0.2, -0.15) is 0 Å². The molecule has 98 valence electrons. The smallest absolute Gasteiger partial charge is 0.329 e. The molecule has 0 bridgehead atoms. The van der Waals surface area contributed by atoms with Crippen LogP contribution in [0.25, 0.3) is 0 Å². The van der Waals surface area contributed by atoms with Crippen LogP contribution in [0.15, 0.2) is 12.4 Å². The monoisotopic (exact) mass is 293 g/mol.